The van der Waals surface area contributed by atoms with Gasteiger partial charge >= 0.3 is 0 Å². The molecule has 0 aliphatic rings. The highest BCUT2D eigenvalue weighted by atomic mass is 16.5. The molecule has 2 unspecified atom stereocenters. The fourth-order valence-electron chi connectivity index (χ4n) is 3.20. The van der Waals surface area contributed by atoms with Gasteiger partial charge in [0.2, 0.25) is 0 Å². The first-order chi connectivity index (χ1) is 9.88. The monoisotopic (exact) mass is 292 g/mol. The third-order valence-corrected chi connectivity index (χ3v) is 4.48. The Kier molecular flexibility index (Phi) is 6.69. The fraction of sp³-hybridized carbons (Fsp3) is 0.667. The van der Waals surface area contributed by atoms with Gasteiger partial charge in [0.05, 0.1) is 12.6 Å². The van der Waals surface area contributed by atoms with Gasteiger partial charge in [-0.1, -0.05) is 39.8 Å². The van der Waals surface area contributed by atoms with Crippen LogP contribution in [0.15, 0.2) is 24.3 Å². The molecule has 2 N–H and O–H groups in total. The Labute approximate surface area is 130 Å². The van der Waals surface area contributed by atoms with Crippen LogP contribution in [0.2, 0.25) is 0 Å². The summed E-state index contributed by atoms with van der Waals surface area (Å²) in [6.07, 6.45) is 0.969. The highest BCUT2D eigenvalue weighted by Crippen LogP contribution is 2.33. The molecule has 0 heterocycles. The van der Waals surface area contributed by atoms with Crippen LogP contribution in [0.5, 0.6) is 5.75 Å². The largest absolute Gasteiger partial charge is 0.497 e. The molecule has 0 spiro atoms. The van der Waals surface area contributed by atoms with Crippen LogP contribution in [0.25, 0.3) is 0 Å². The highest BCUT2D eigenvalue weighted by molar-refractivity contribution is 5.33. The number of benzene rings is 1. The second kappa shape index (κ2) is 7.81. The van der Waals surface area contributed by atoms with E-state index in [4.69, 9.17) is 10.5 Å². The number of likely N-dealkylation sites (N-methyl/N-ethyl adjacent to an activating group) is 1. The summed E-state index contributed by atoms with van der Waals surface area (Å²) in [5, 5.41) is 0. The number of hydrogen-bond acceptors (Lipinski definition) is 3. The molecule has 0 saturated carbocycles. The Hall–Kier alpha value is -1.06. The standard InChI is InChI=1S/C18H32N2O/c1-7-20(8-2)15(5)18(19,13-14(3)4)16-9-11-17(21-6)12-10-16/h9-12,14-15H,7-8,13,19H2,1-6H3. The molecule has 0 fully saturated rings. The van der Waals surface area contributed by atoms with Gasteiger partial charge < -0.3 is 10.5 Å². The molecular formula is C18H32N2O. The van der Waals surface area contributed by atoms with Crippen molar-refractivity contribution in [1.82, 2.24) is 4.90 Å². The lowest BCUT2D eigenvalue weighted by Crippen LogP contribution is -2.55. The molecule has 0 aliphatic heterocycles. The number of rotatable bonds is 8. The fourth-order valence-corrected chi connectivity index (χ4v) is 3.20. The molecule has 1 rings (SSSR count). The van der Waals surface area contributed by atoms with E-state index < -0.39 is 0 Å². The summed E-state index contributed by atoms with van der Waals surface area (Å²) in [6.45, 7) is 13.2. The summed E-state index contributed by atoms with van der Waals surface area (Å²) in [7, 11) is 1.69. The van der Waals surface area contributed by atoms with E-state index in [1.165, 1.54) is 5.56 Å². The van der Waals surface area contributed by atoms with Gasteiger partial charge in [0.25, 0.3) is 0 Å². The third-order valence-electron chi connectivity index (χ3n) is 4.48. The van der Waals surface area contributed by atoms with Crippen molar-refractivity contribution in [2.75, 3.05) is 20.2 Å². The van der Waals surface area contributed by atoms with Gasteiger partial charge in [0.15, 0.2) is 0 Å². The summed E-state index contributed by atoms with van der Waals surface area (Å²) < 4.78 is 5.26. The van der Waals surface area contributed by atoms with Gasteiger partial charge in [-0.2, -0.15) is 0 Å². The lowest BCUT2D eigenvalue weighted by molar-refractivity contribution is 0.126. The van der Waals surface area contributed by atoms with Gasteiger partial charge in [0.1, 0.15) is 5.75 Å². The van der Waals surface area contributed by atoms with E-state index in [0.29, 0.717) is 12.0 Å². The number of hydrogen-bond donors (Lipinski definition) is 1. The predicted octanol–water partition coefficient (Wildman–Crippen LogP) is 3.63. The third kappa shape index (κ3) is 4.21. The van der Waals surface area contributed by atoms with E-state index in [0.717, 1.165) is 25.3 Å². The molecule has 1 aromatic carbocycles. The molecule has 21 heavy (non-hydrogen) atoms. The lowest BCUT2D eigenvalue weighted by atomic mass is 9.77. The summed E-state index contributed by atoms with van der Waals surface area (Å²) in [4.78, 5) is 2.44. The molecule has 120 valence electrons. The predicted molar refractivity (Wildman–Crippen MR) is 90.7 cm³/mol. The Bertz CT molecular complexity index is 412. The van der Waals surface area contributed by atoms with E-state index in [1.807, 2.05) is 12.1 Å². The summed E-state index contributed by atoms with van der Waals surface area (Å²) in [5.74, 6) is 1.43. The maximum absolute atomic E-state index is 6.92. The second-order valence-electron chi connectivity index (χ2n) is 6.26. The van der Waals surface area contributed by atoms with Crippen molar-refractivity contribution in [3.63, 3.8) is 0 Å². The molecule has 0 saturated heterocycles. The zero-order valence-electron chi connectivity index (χ0n) is 14.5. The highest BCUT2D eigenvalue weighted by Gasteiger charge is 2.37. The Morgan fingerprint density at radius 2 is 1.62 bits per heavy atom. The van der Waals surface area contributed by atoms with Crippen LogP contribution in [0.4, 0.5) is 0 Å². The van der Waals surface area contributed by atoms with Crippen LogP contribution >= 0.6 is 0 Å². The van der Waals surface area contributed by atoms with Gasteiger partial charge in [-0.15, -0.1) is 0 Å². The second-order valence-corrected chi connectivity index (χ2v) is 6.26. The zero-order valence-corrected chi connectivity index (χ0v) is 14.5. The first-order valence-electron chi connectivity index (χ1n) is 8.06. The SMILES string of the molecule is CCN(CC)C(C)C(N)(CC(C)C)c1ccc(OC)cc1. The first kappa shape index (κ1) is 18.0. The van der Waals surface area contributed by atoms with Gasteiger partial charge in [-0.05, 0) is 50.0 Å². The van der Waals surface area contributed by atoms with Crippen LogP contribution in [-0.4, -0.2) is 31.1 Å². The summed E-state index contributed by atoms with van der Waals surface area (Å²) in [5.41, 5.74) is 7.78. The average molecular weight is 292 g/mol. The van der Waals surface area contributed by atoms with Gasteiger partial charge in [-0.25, -0.2) is 0 Å². The Morgan fingerprint density at radius 1 is 1.10 bits per heavy atom. The van der Waals surface area contributed by atoms with Crippen molar-refractivity contribution in [3.8, 4) is 5.75 Å². The molecule has 2 atom stereocenters. The van der Waals surface area contributed by atoms with E-state index in [2.05, 4.69) is 51.7 Å². The summed E-state index contributed by atoms with van der Waals surface area (Å²) >= 11 is 0. The van der Waals surface area contributed by atoms with Crippen molar-refractivity contribution in [2.45, 2.75) is 52.6 Å². The zero-order chi connectivity index (χ0) is 16.0. The molecule has 1 aromatic rings. The Morgan fingerprint density at radius 3 is 2.00 bits per heavy atom. The van der Waals surface area contributed by atoms with E-state index >= 15 is 0 Å². The molecule has 3 heteroatoms. The number of methoxy groups -OCH3 is 1. The minimum Gasteiger partial charge on any atom is -0.497 e. The average Bonchev–Trinajstić information content (AvgIpc) is 2.47. The molecule has 0 amide bonds. The first-order valence-corrected chi connectivity index (χ1v) is 8.06. The summed E-state index contributed by atoms with van der Waals surface area (Å²) in [6, 6.07) is 8.53. The molecule has 0 aliphatic carbocycles. The quantitative estimate of drug-likeness (QED) is 0.795. The molecular weight excluding hydrogens is 260 g/mol. The van der Waals surface area contributed by atoms with Crippen LogP contribution in [0.1, 0.15) is 46.6 Å². The van der Waals surface area contributed by atoms with Gasteiger partial charge in [0, 0.05) is 6.04 Å². The van der Waals surface area contributed by atoms with Crippen molar-refractivity contribution in [2.24, 2.45) is 11.7 Å². The number of nitrogens with zero attached hydrogens (tertiary/aromatic N) is 1. The van der Waals surface area contributed by atoms with E-state index in [1.54, 1.807) is 7.11 Å². The van der Waals surface area contributed by atoms with Crippen LogP contribution in [0, 0.1) is 5.92 Å². The normalized spacial score (nSPS) is 16.0. The maximum atomic E-state index is 6.92. The molecule has 3 nitrogen and oxygen atoms in total. The smallest absolute Gasteiger partial charge is 0.118 e. The maximum Gasteiger partial charge on any atom is 0.118 e. The minimum atomic E-state index is -0.341. The molecule has 0 aromatic heterocycles. The van der Waals surface area contributed by atoms with Crippen molar-refractivity contribution in [3.05, 3.63) is 29.8 Å². The van der Waals surface area contributed by atoms with Crippen LogP contribution in [0.3, 0.4) is 0 Å². The molecule has 0 radical (unpaired) electrons. The van der Waals surface area contributed by atoms with Crippen molar-refractivity contribution >= 4 is 0 Å². The van der Waals surface area contributed by atoms with E-state index in [-0.39, 0.29) is 5.54 Å². The van der Waals surface area contributed by atoms with Crippen LogP contribution in [-0.2, 0) is 5.54 Å². The van der Waals surface area contributed by atoms with Crippen LogP contribution < -0.4 is 10.5 Å². The number of ether oxygens (including phenoxy) is 1. The number of nitrogens with two attached hydrogens (primary N) is 1. The van der Waals surface area contributed by atoms with Gasteiger partial charge in [-0.3, -0.25) is 4.90 Å². The van der Waals surface area contributed by atoms with Crippen molar-refractivity contribution < 1.29 is 4.74 Å². The lowest BCUT2D eigenvalue weighted by Gasteiger charge is -2.43. The minimum absolute atomic E-state index is 0.295. The topological polar surface area (TPSA) is 38.5 Å². The Balaban J connectivity index is 3.17. The molecule has 0 bridgehead atoms. The van der Waals surface area contributed by atoms with Crippen molar-refractivity contribution in [1.29, 1.82) is 0 Å². The van der Waals surface area contributed by atoms with E-state index in [9.17, 15) is 0 Å².